The van der Waals surface area contributed by atoms with E-state index in [0.717, 1.165) is 0 Å². The van der Waals surface area contributed by atoms with Gasteiger partial charge in [0.05, 0.1) is 22.1 Å². The van der Waals surface area contributed by atoms with E-state index in [0.29, 0.717) is 49.4 Å². The first-order chi connectivity index (χ1) is 11.8. The molecular weight excluding hydrogens is 320 g/mol. The van der Waals surface area contributed by atoms with Crippen LogP contribution in [0, 0.1) is 13.8 Å². The van der Waals surface area contributed by atoms with Crippen LogP contribution in [0.4, 0.5) is 0 Å². The molecule has 0 unspecified atom stereocenters. The van der Waals surface area contributed by atoms with Crippen LogP contribution in [0.25, 0.3) is 22.0 Å². The van der Waals surface area contributed by atoms with E-state index >= 15 is 0 Å². The van der Waals surface area contributed by atoms with Crippen molar-refractivity contribution in [3.63, 3.8) is 0 Å². The van der Waals surface area contributed by atoms with E-state index in [2.05, 4.69) is 9.97 Å². The maximum absolute atomic E-state index is 12.6. The Bertz CT molecular complexity index is 1180. The Morgan fingerprint density at radius 1 is 0.960 bits per heavy atom. The number of hydrogen-bond donors (Lipinski definition) is 4. The van der Waals surface area contributed by atoms with E-state index in [1.165, 1.54) is 0 Å². The van der Waals surface area contributed by atoms with Gasteiger partial charge in [0.2, 0.25) is 11.6 Å². The number of phenolic OH excluding ortho intramolecular Hbond substituents is 2. The number of carbonyl (C=O) groups is 2. The van der Waals surface area contributed by atoms with E-state index in [-0.39, 0.29) is 11.5 Å². The summed E-state index contributed by atoms with van der Waals surface area (Å²) in [5, 5.41) is 22.1. The minimum absolute atomic E-state index is 0.182. The molecule has 4 N–H and O–H groups in total. The van der Waals surface area contributed by atoms with Gasteiger partial charge in [-0.2, -0.15) is 0 Å². The Labute approximate surface area is 142 Å². The van der Waals surface area contributed by atoms with Gasteiger partial charge >= 0.3 is 0 Å². The Balaban J connectivity index is 2.15. The van der Waals surface area contributed by atoms with Crippen LogP contribution in [0.1, 0.15) is 23.7 Å². The average Bonchev–Trinajstić information content (AvgIpc) is 3.24. The Kier molecular flexibility index (Phi) is 2.97. The number of rotatable bonds is 1. The number of Topliss-reactive ketones (excluding diaryl/α,β-unsaturated/α-hetero) is 2. The summed E-state index contributed by atoms with van der Waals surface area (Å²) in [5.41, 5.74) is 2.79. The van der Waals surface area contributed by atoms with Crippen LogP contribution >= 0.6 is 0 Å². The highest BCUT2D eigenvalue weighted by Gasteiger charge is 2.29. The molecule has 6 nitrogen and oxygen atoms in total. The molecule has 0 fully saturated rings. The van der Waals surface area contributed by atoms with Gasteiger partial charge in [0.1, 0.15) is 0 Å². The molecule has 2 heterocycles. The zero-order valence-electron chi connectivity index (χ0n) is 13.9. The quantitative estimate of drug-likeness (QED) is 0.393. The summed E-state index contributed by atoms with van der Waals surface area (Å²) in [4.78, 5) is 31.1. The fraction of sp³-hybridized carbons (Fsp3) is 0.158. The third-order valence-electron chi connectivity index (χ3n) is 4.97. The van der Waals surface area contributed by atoms with Crippen LogP contribution in [-0.4, -0.2) is 31.7 Å². The fourth-order valence-corrected chi connectivity index (χ4v) is 3.46. The number of benzene rings is 1. The smallest absolute Gasteiger partial charge is 0.236 e. The lowest BCUT2D eigenvalue weighted by Crippen LogP contribution is -2.39. The van der Waals surface area contributed by atoms with E-state index in [9.17, 15) is 19.8 Å². The number of phenols is 2. The highest BCUT2D eigenvalue weighted by Crippen LogP contribution is 2.39. The van der Waals surface area contributed by atoms with Gasteiger partial charge in [-0.1, -0.05) is 0 Å². The summed E-state index contributed by atoms with van der Waals surface area (Å²) in [7, 11) is 0. The molecule has 0 atom stereocenters. The number of nitrogens with one attached hydrogen (secondary N) is 2. The maximum atomic E-state index is 12.6. The monoisotopic (exact) mass is 336 g/mol. The van der Waals surface area contributed by atoms with Crippen LogP contribution in [-0.2, 0) is 9.59 Å². The largest absolute Gasteiger partial charge is 0.504 e. The number of ketones is 2. The molecule has 1 aromatic carbocycles. The average molecular weight is 336 g/mol. The second-order valence-electron chi connectivity index (χ2n) is 6.34. The van der Waals surface area contributed by atoms with E-state index in [4.69, 9.17) is 0 Å². The summed E-state index contributed by atoms with van der Waals surface area (Å²) in [6.45, 7) is 4.99. The number of H-pyrrole nitrogens is 2. The van der Waals surface area contributed by atoms with Gasteiger partial charge in [-0.05, 0) is 32.9 Å². The second kappa shape index (κ2) is 4.86. The summed E-state index contributed by atoms with van der Waals surface area (Å²) in [6, 6.07) is 3.49. The first-order valence-corrected chi connectivity index (χ1v) is 7.84. The SMILES string of the molecule is CC1=c2[nH]ccc2=C(c2cc3c(C)c(O)c(O)c(C)c3[nH]2)C(=O)C1=O. The van der Waals surface area contributed by atoms with Gasteiger partial charge in [0.15, 0.2) is 11.5 Å². The number of aryl methyl sites for hydroxylation is 2. The van der Waals surface area contributed by atoms with Gasteiger partial charge in [-0.3, -0.25) is 9.59 Å². The van der Waals surface area contributed by atoms with Gasteiger partial charge in [-0.15, -0.1) is 0 Å². The maximum Gasteiger partial charge on any atom is 0.236 e. The van der Waals surface area contributed by atoms with Gasteiger partial charge in [0, 0.05) is 33.5 Å². The second-order valence-corrected chi connectivity index (χ2v) is 6.34. The lowest BCUT2D eigenvalue weighted by molar-refractivity contribution is -0.130. The molecule has 0 aliphatic heterocycles. The molecule has 0 saturated heterocycles. The molecule has 1 aliphatic rings. The van der Waals surface area contributed by atoms with Crippen molar-refractivity contribution >= 4 is 33.6 Å². The van der Waals surface area contributed by atoms with Gasteiger partial charge in [-0.25, -0.2) is 0 Å². The van der Waals surface area contributed by atoms with E-state index in [1.807, 2.05) is 0 Å². The first-order valence-electron chi connectivity index (χ1n) is 7.84. The van der Waals surface area contributed by atoms with Crippen LogP contribution in [0.15, 0.2) is 18.3 Å². The molecular formula is C19H16N2O4. The number of aromatic hydroxyl groups is 2. The number of aromatic nitrogens is 2. The molecule has 1 aliphatic carbocycles. The minimum atomic E-state index is -0.570. The molecule has 25 heavy (non-hydrogen) atoms. The fourth-order valence-electron chi connectivity index (χ4n) is 3.46. The highest BCUT2D eigenvalue weighted by molar-refractivity contribution is 6.64. The van der Waals surface area contributed by atoms with Crippen molar-refractivity contribution in [3.05, 3.63) is 45.7 Å². The van der Waals surface area contributed by atoms with Crippen molar-refractivity contribution in [2.75, 3.05) is 0 Å². The van der Waals surface area contributed by atoms with Crippen LogP contribution in [0.3, 0.4) is 0 Å². The molecule has 4 rings (SSSR count). The van der Waals surface area contributed by atoms with Crippen molar-refractivity contribution in [1.29, 1.82) is 0 Å². The Hall–Kier alpha value is -3.28. The number of aromatic amines is 2. The Morgan fingerprint density at radius 3 is 2.36 bits per heavy atom. The topological polar surface area (TPSA) is 106 Å². The van der Waals surface area contributed by atoms with Crippen LogP contribution in [0.2, 0.25) is 0 Å². The normalized spacial score (nSPS) is 14.5. The molecule has 3 aromatic rings. The van der Waals surface area contributed by atoms with E-state index < -0.39 is 11.6 Å². The molecule has 0 amide bonds. The van der Waals surface area contributed by atoms with Gasteiger partial charge in [0.25, 0.3) is 0 Å². The lowest BCUT2D eigenvalue weighted by Gasteiger charge is -2.09. The summed E-state index contributed by atoms with van der Waals surface area (Å²) >= 11 is 0. The number of carbonyl (C=O) groups excluding carboxylic acids is 2. The first kappa shape index (κ1) is 15.3. The van der Waals surface area contributed by atoms with Crippen molar-refractivity contribution in [3.8, 4) is 11.5 Å². The molecule has 2 aromatic heterocycles. The van der Waals surface area contributed by atoms with Crippen molar-refractivity contribution in [2.45, 2.75) is 20.8 Å². The molecule has 126 valence electrons. The zero-order valence-corrected chi connectivity index (χ0v) is 13.9. The predicted molar refractivity (Wildman–Crippen MR) is 92.8 cm³/mol. The number of hydrogen-bond acceptors (Lipinski definition) is 4. The molecule has 0 bridgehead atoms. The van der Waals surface area contributed by atoms with Crippen molar-refractivity contribution < 1.29 is 19.8 Å². The van der Waals surface area contributed by atoms with Crippen molar-refractivity contribution in [1.82, 2.24) is 9.97 Å². The van der Waals surface area contributed by atoms with Crippen LogP contribution < -0.4 is 10.6 Å². The lowest BCUT2D eigenvalue weighted by atomic mass is 9.93. The highest BCUT2D eigenvalue weighted by atomic mass is 16.3. The minimum Gasteiger partial charge on any atom is -0.504 e. The molecule has 0 spiro atoms. The third kappa shape index (κ3) is 1.85. The van der Waals surface area contributed by atoms with Gasteiger partial charge < -0.3 is 20.2 Å². The molecule has 6 heteroatoms. The summed E-state index contributed by atoms with van der Waals surface area (Å²) in [5.74, 6) is -1.48. The van der Waals surface area contributed by atoms with Crippen molar-refractivity contribution in [2.24, 2.45) is 0 Å². The van der Waals surface area contributed by atoms with Crippen LogP contribution in [0.5, 0.6) is 11.5 Å². The zero-order chi connectivity index (χ0) is 18.0. The predicted octanol–water partition coefficient (Wildman–Crippen LogP) is 1.05. The Morgan fingerprint density at radius 2 is 1.64 bits per heavy atom. The summed E-state index contributed by atoms with van der Waals surface area (Å²) in [6.07, 6.45) is 1.69. The third-order valence-corrected chi connectivity index (χ3v) is 4.97. The number of fused-ring (bicyclic) bond motifs is 2. The summed E-state index contributed by atoms with van der Waals surface area (Å²) < 4.78 is 0. The standard InChI is InChI=1S/C19H16N2O4/c1-7-11-6-12(21-15(11)9(3)17(23)16(7)22)13-10-4-5-20-14(10)8(2)18(24)19(13)25/h4-6,20-23H,1-3H3. The molecule has 0 saturated carbocycles. The molecule has 0 radical (unpaired) electrons. The van der Waals surface area contributed by atoms with E-state index in [1.54, 1.807) is 39.1 Å².